The molecule has 2 aliphatic rings. The maximum absolute atomic E-state index is 11.8. The van der Waals surface area contributed by atoms with Crippen LogP contribution in [0, 0.1) is 0 Å². The number of amides is 1. The Kier molecular flexibility index (Phi) is 9.59. The smallest absolute Gasteiger partial charge is 0.222 e. The summed E-state index contributed by atoms with van der Waals surface area (Å²) >= 11 is 0. The van der Waals surface area contributed by atoms with Crippen molar-refractivity contribution in [3.05, 3.63) is 0 Å². The minimum atomic E-state index is -3.17. The SMILES string of the molecule is CCNC(=NC[C@H]1CCCN1S(C)(=O)=O)NC1CCN(C(=O)CC)C1.I. The Balaban J connectivity index is 0.00000338. The Labute approximate surface area is 174 Å². The summed E-state index contributed by atoms with van der Waals surface area (Å²) in [5.41, 5.74) is 0. The maximum atomic E-state index is 11.8. The van der Waals surface area contributed by atoms with Gasteiger partial charge in [-0.3, -0.25) is 9.79 Å². The molecule has 2 N–H and O–H groups in total. The lowest BCUT2D eigenvalue weighted by Gasteiger charge is -2.22. The Hall–Kier alpha value is -0.620. The molecule has 1 unspecified atom stereocenters. The van der Waals surface area contributed by atoms with Crippen molar-refractivity contribution in [2.45, 2.75) is 51.6 Å². The number of likely N-dealkylation sites (tertiary alicyclic amines) is 1. The van der Waals surface area contributed by atoms with Gasteiger partial charge in [0.1, 0.15) is 0 Å². The van der Waals surface area contributed by atoms with Crippen LogP contribution in [0.5, 0.6) is 0 Å². The van der Waals surface area contributed by atoms with E-state index < -0.39 is 10.0 Å². The predicted octanol–water partition coefficient (Wildman–Crippen LogP) is 0.594. The van der Waals surface area contributed by atoms with E-state index in [1.54, 1.807) is 4.31 Å². The summed E-state index contributed by atoms with van der Waals surface area (Å²) in [7, 11) is -3.17. The Morgan fingerprint density at radius 1 is 1.23 bits per heavy atom. The molecular weight excluding hydrogens is 469 g/mol. The van der Waals surface area contributed by atoms with Crippen LogP contribution in [0.1, 0.15) is 39.5 Å². The lowest BCUT2D eigenvalue weighted by Crippen LogP contribution is -2.46. The first-order valence-corrected chi connectivity index (χ1v) is 11.0. The molecule has 8 nitrogen and oxygen atoms in total. The number of nitrogens with zero attached hydrogens (tertiary/aromatic N) is 3. The zero-order chi connectivity index (χ0) is 18.4. The monoisotopic (exact) mass is 501 g/mol. The second-order valence-electron chi connectivity index (χ2n) is 6.71. The fraction of sp³-hybridized carbons (Fsp3) is 0.875. The van der Waals surface area contributed by atoms with Crippen molar-refractivity contribution in [2.24, 2.45) is 4.99 Å². The van der Waals surface area contributed by atoms with Crippen LogP contribution in [0.15, 0.2) is 4.99 Å². The minimum Gasteiger partial charge on any atom is -0.357 e. The molecule has 0 aromatic carbocycles. The third-order valence-electron chi connectivity index (χ3n) is 4.74. The molecule has 1 amide bonds. The average molecular weight is 501 g/mol. The maximum Gasteiger partial charge on any atom is 0.222 e. The number of halogens is 1. The third kappa shape index (κ3) is 6.52. The summed E-state index contributed by atoms with van der Waals surface area (Å²) in [5, 5.41) is 6.59. The lowest BCUT2D eigenvalue weighted by atomic mass is 10.2. The van der Waals surface area contributed by atoms with E-state index in [-0.39, 0.29) is 42.0 Å². The molecule has 2 fully saturated rings. The molecule has 0 aliphatic carbocycles. The minimum absolute atomic E-state index is 0. The van der Waals surface area contributed by atoms with Gasteiger partial charge >= 0.3 is 0 Å². The Bertz CT molecular complexity index is 599. The highest BCUT2D eigenvalue weighted by Gasteiger charge is 2.31. The van der Waals surface area contributed by atoms with Gasteiger partial charge in [0.15, 0.2) is 5.96 Å². The van der Waals surface area contributed by atoms with Gasteiger partial charge in [0, 0.05) is 44.7 Å². The van der Waals surface area contributed by atoms with Crippen LogP contribution in [-0.4, -0.2) is 80.6 Å². The number of hydrogen-bond donors (Lipinski definition) is 2. The number of nitrogens with one attached hydrogen (secondary N) is 2. The molecule has 0 aromatic heterocycles. The fourth-order valence-corrected chi connectivity index (χ4v) is 4.64. The van der Waals surface area contributed by atoms with Crippen molar-refractivity contribution in [3.63, 3.8) is 0 Å². The third-order valence-corrected chi connectivity index (χ3v) is 6.07. The number of carbonyl (C=O) groups is 1. The molecule has 0 saturated carbocycles. The summed E-state index contributed by atoms with van der Waals surface area (Å²) in [5.74, 6) is 0.875. The largest absolute Gasteiger partial charge is 0.357 e. The lowest BCUT2D eigenvalue weighted by molar-refractivity contribution is -0.129. The van der Waals surface area contributed by atoms with E-state index in [0.717, 1.165) is 32.4 Å². The van der Waals surface area contributed by atoms with Gasteiger partial charge in [-0.05, 0) is 26.2 Å². The Morgan fingerprint density at radius 3 is 2.58 bits per heavy atom. The quantitative estimate of drug-likeness (QED) is 0.316. The van der Waals surface area contributed by atoms with E-state index in [1.165, 1.54) is 6.26 Å². The summed E-state index contributed by atoms with van der Waals surface area (Å²) in [4.78, 5) is 18.3. The zero-order valence-corrected chi connectivity index (χ0v) is 19.0. The van der Waals surface area contributed by atoms with Crippen LogP contribution < -0.4 is 10.6 Å². The van der Waals surface area contributed by atoms with Crippen LogP contribution in [0.25, 0.3) is 0 Å². The average Bonchev–Trinajstić information content (AvgIpc) is 3.20. The molecule has 0 spiro atoms. The van der Waals surface area contributed by atoms with Crippen molar-refractivity contribution < 1.29 is 13.2 Å². The van der Waals surface area contributed by atoms with Crippen LogP contribution in [0.4, 0.5) is 0 Å². The van der Waals surface area contributed by atoms with E-state index in [4.69, 9.17) is 0 Å². The van der Waals surface area contributed by atoms with Gasteiger partial charge in [0.25, 0.3) is 0 Å². The summed E-state index contributed by atoms with van der Waals surface area (Å²) in [6.45, 7) is 7.11. The molecule has 2 atom stereocenters. The number of hydrogen-bond acceptors (Lipinski definition) is 4. The molecule has 2 rings (SSSR count). The van der Waals surface area contributed by atoms with Crippen LogP contribution >= 0.6 is 24.0 Å². The molecule has 26 heavy (non-hydrogen) atoms. The number of aliphatic imine (C=N–C) groups is 1. The van der Waals surface area contributed by atoms with E-state index in [1.807, 2.05) is 18.7 Å². The summed E-state index contributed by atoms with van der Waals surface area (Å²) in [6, 6.07) is 0.120. The molecule has 152 valence electrons. The molecule has 10 heteroatoms. The molecule has 0 bridgehead atoms. The highest BCUT2D eigenvalue weighted by atomic mass is 127. The molecule has 0 radical (unpaired) electrons. The van der Waals surface area contributed by atoms with E-state index in [2.05, 4.69) is 15.6 Å². The van der Waals surface area contributed by atoms with Crippen molar-refractivity contribution in [1.82, 2.24) is 19.8 Å². The highest BCUT2D eigenvalue weighted by molar-refractivity contribution is 14.0. The van der Waals surface area contributed by atoms with Crippen LogP contribution in [0.3, 0.4) is 0 Å². The van der Waals surface area contributed by atoms with Crippen molar-refractivity contribution in [3.8, 4) is 0 Å². The first kappa shape index (κ1) is 23.4. The molecule has 2 aliphatic heterocycles. The van der Waals surface area contributed by atoms with Crippen LogP contribution in [0.2, 0.25) is 0 Å². The topological polar surface area (TPSA) is 94.1 Å². The van der Waals surface area contributed by atoms with E-state index in [0.29, 0.717) is 32.0 Å². The van der Waals surface area contributed by atoms with E-state index >= 15 is 0 Å². The molecule has 2 heterocycles. The zero-order valence-electron chi connectivity index (χ0n) is 15.9. The fourth-order valence-electron chi connectivity index (χ4n) is 3.47. The Morgan fingerprint density at radius 2 is 1.96 bits per heavy atom. The van der Waals surface area contributed by atoms with Gasteiger partial charge < -0.3 is 15.5 Å². The van der Waals surface area contributed by atoms with Gasteiger partial charge in [-0.15, -0.1) is 24.0 Å². The first-order valence-electron chi connectivity index (χ1n) is 9.14. The standard InChI is InChI=1S/C16H31N5O3S.HI/c1-4-15(22)20-10-8-13(12-20)19-16(17-5-2)18-11-14-7-6-9-21(14)25(3,23)24;/h13-14H,4-12H2,1-3H3,(H2,17,18,19);1H/t13?,14-;/m1./s1. The van der Waals surface area contributed by atoms with Crippen molar-refractivity contribution >= 4 is 45.9 Å². The van der Waals surface area contributed by atoms with Gasteiger partial charge in [-0.2, -0.15) is 4.31 Å². The van der Waals surface area contributed by atoms with E-state index in [9.17, 15) is 13.2 Å². The second-order valence-corrected chi connectivity index (χ2v) is 8.65. The normalized spacial score (nSPS) is 24.4. The highest BCUT2D eigenvalue weighted by Crippen LogP contribution is 2.20. The molecule has 0 aromatic rings. The number of carbonyl (C=O) groups excluding carboxylic acids is 1. The predicted molar refractivity (Wildman–Crippen MR) is 114 cm³/mol. The van der Waals surface area contributed by atoms with Gasteiger partial charge in [-0.25, -0.2) is 8.42 Å². The summed E-state index contributed by atoms with van der Waals surface area (Å²) < 4.78 is 25.2. The second kappa shape index (κ2) is 10.6. The summed E-state index contributed by atoms with van der Waals surface area (Å²) in [6.07, 6.45) is 4.42. The van der Waals surface area contributed by atoms with Crippen molar-refractivity contribution in [2.75, 3.05) is 39.0 Å². The van der Waals surface area contributed by atoms with Gasteiger partial charge in [-0.1, -0.05) is 6.92 Å². The molecular formula is C16H32IN5O3S. The van der Waals surface area contributed by atoms with Crippen LogP contribution in [-0.2, 0) is 14.8 Å². The molecule has 2 saturated heterocycles. The number of guanidine groups is 1. The van der Waals surface area contributed by atoms with Crippen molar-refractivity contribution in [1.29, 1.82) is 0 Å². The van der Waals surface area contributed by atoms with Gasteiger partial charge in [0.05, 0.1) is 12.8 Å². The van der Waals surface area contributed by atoms with Gasteiger partial charge in [0.2, 0.25) is 15.9 Å². The number of sulfonamides is 1. The first-order chi connectivity index (χ1) is 11.8. The number of rotatable bonds is 6.